The molecule has 0 bridgehead atoms. The van der Waals surface area contributed by atoms with E-state index in [-0.39, 0.29) is 17.7 Å². The second kappa shape index (κ2) is 7.49. The van der Waals surface area contributed by atoms with E-state index in [0.717, 1.165) is 0 Å². The number of amides is 1. The Bertz CT molecular complexity index is 549. The molecule has 1 N–H and O–H groups in total. The van der Waals surface area contributed by atoms with Crippen molar-refractivity contribution in [3.05, 3.63) is 29.3 Å². The van der Waals surface area contributed by atoms with Crippen molar-refractivity contribution in [1.82, 2.24) is 4.90 Å². The Morgan fingerprint density at radius 3 is 2.73 bits per heavy atom. The van der Waals surface area contributed by atoms with Crippen molar-refractivity contribution in [3.8, 4) is 5.75 Å². The lowest BCUT2D eigenvalue weighted by Crippen LogP contribution is -2.35. The van der Waals surface area contributed by atoms with E-state index in [1.807, 2.05) is 6.07 Å². The van der Waals surface area contributed by atoms with Gasteiger partial charge in [-0.1, -0.05) is 17.7 Å². The number of halogens is 1. The number of rotatable bonds is 6. The first-order valence-electron chi connectivity index (χ1n) is 7.33. The lowest BCUT2D eigenvalue weighted by molar-refractivity contribution is -0.141. The predicted molar refractivity (Wildman–Crippen MR) is 83.1 cm³/mol. The zero-order valence-corrected chi connectivity index (χ0v) is 13.3. The Kier molecular flexibility index (Phi) is 5.66. The van der Waals surface area contributed by atoms with Crippen molar-refractivity contribution in [2.45, 2.75) is 19.3 Å². The van der Waals surface area contributed by atoms with Crippen LogP contribution in [0.2, 0.25) is 5.02 Å². The fourth-order valence-corrected chi connectivity index (χ4v) is 2.89. The summed E-state index contributed by atoms with van der Waals surface area (Å²) in [5.74, 6) is -0.705. The molecule has 1 aromatic rings. The number of carbonyl (C=O) groups excluding carboxylic acids is 1. The first kappa shape index (κ1) is 16.6. The molecule has 0 heterocycles. The summed E-state index contributed by atoms with van der Waals surface area (Å²) in [5, 5.41) is 9.59. The topological polar surface area (TPSA) is 66.8 Å². The van der Waals surface area contributed by atoms with E-state index in [0.29, 0.717) is 43.2 Å². The number of carboxylic acids is 1. The van der Waals surface area contributed by atoms with E-state index in [9.17, 15) is 9.59 Å². The van der Waals surface area contributed by atoms with Gasteiger partial charge in [-0.2, -0.15) is 0 Å². The third kappa shape index (κ3) is 4.37. The molecule has 1 fully saturated rings. The minimum absolute atomic E-state index is 0.00144. The van der Waals surface area contributed by atoms with Gasteiger partial charge in [-0.3, -0.25) is 9.59 Å². The molecule has 6 heteroatoms. The molecule has 2 atom stereocenters. The molecule has 0 spiro atoms. The highest BCUT2D eigenvalue weighted by Gasteiger charge is 2.34. The number of likely N-dealkylation sites (N-methyl/N-ethyl adjacent to an activating group) is 1. The highest BCUT2D eigenvalue weighted by atomic mass is 35.5. The Labute approximate surface area is 134 Å². The molecule has 0 aromatic heterocycles. The molecule has 1 aromatic carbocycles. The summed E-state index contributed by atoms with van der Waals surface area (Å²) in [7, 11) is 1.72. The maximum absolute atomic E-state index is 12.3. The standard InChI is InChI=1S/C16H20ClNO4/c1-18(7-8-22-14-4-2-3-13(17)10-14)15(19)11-5-6-12(9-11)16(20)21/h2-4,10-12H,5-9H2,1H3,(H,20,21)/t11-,12+/m1/s1. The summed E-state index contributed by atoms with van der Waals surface area (Å²) in [6.45, 7) is 0.831. The van der Waals surface area contributed by atoms with Crippen LogP contribution in [-0.2, 0) is 9.59 Å². The van der Waals surface area contributed by atoms with E-state index in [1.54, 1.807) is 30.1 Å². The van der Waals surface area contributed by atoms with E-state index >= 15 is 0 Å². The zero-order valence-electron chi connectivity index (χ0n) is 12.5. The summed E-state index contributed by atoms with van der Waals surface area (Å²) >= 11 is 5.87. The van der Waals surface area contributed by atoms with E-state index < -0.39 is 5.97 Å². The van der Waals surface area contributed by atoms with Crippen LogP contribution in [0.4, 0.5) is 0 Å². The van der Waals surface area contributed by atoms with Crippen LogP contribution in [0.25, 0.3) is 0 Å². The highest BCUT2D eigenvalue weighted by Crippen LogP contribution is 2.32. The van der Waals surface area contributed by atoms with Gasteiger partial charge in [0.05, 0.1) is 12.5 Å². The molecule has 1 saturated carbocycles. The molecule has 0 aliphatic heterocycles. The van der Waals surface area contributed by atoms with Crippen molar-refractivity contribution in [2.24, 2.45) is 11.8 Å². The van der Waals surface area contributed by atoms with Gasteiger partial charge in [0, 0.05) is 18.0 Å². The van der Waals surface area contributed by atoms with Gasteiger partial charge in [-0.25, -0.2) is 0 Å². The second-order valence-electron chi connectivity index (χ2n) is 5.61. The highest BCUT2D eigenvalue weighted by molar-refractivity contribution is 6.30. The number of ether oxygens (including phenoxy) is 1. The summed E-state index contributed by atoms with van der Waals surface area (Å²) < 4.78 is 5.56. The predicted octanol–water partition coefficient (Wildman–Crippen LogP) is 2.68. The first-order chi connectivity index (χ1) is 10.5. The van der Waals surface area contributed by atoms with Crippen LogP contribution in [0.3, 0.4) is 0 Å². The smallest absolute Gasteiger partial charge is 0.306 e. The average Bonchev–Trinajstić information content (AvgIpc) is 2.96. The Balaban J connectivity index is 1.76. The summed E-state index contributed by atoms with van der Waals surface area (Å²) in [6, 6.07) is 7.10. The third-order valence-electron chi connectivity index (χ3n) is 4.00. The van der Waals surface area contributed by atoms with Crippen LogP contribution in [0, 0.1) is 11.8 Å². The third-order valence-corrected chi connectivity index (χ3v) is 4.23. The first-order valence-corrected chi connectivity index (χ1v) is 7.71. The maximum atomic E-state index is 12.3. The molecule has 0 unspecified atom stereocenters. The Morgan fingerprint density at radius 1 is 1.36 bits per heavy atom. The molecule has 0 saturated heterocycles. The maximum Gasteiger partial charge on any atom is 0.306 e. The molecule has 22 heavy (non-hydrogen) atoms. The average molecular weight is 326 g/mol. The van der Waals surface area contributed by atoms with Crippen LogP contribution in [-0.4, -0.2) is 42.1 Å². The van der Waals surface area contributed by atoms with Gasteiger partial charge in [0.25, 0.3) is 0 Å². The molecule has 0 radical (unpaired) electrons. The number of nitrogens with zero attached hydrogens (tertiary/aromatic N) is 1. The monoisotopic (exact) mass is 325 g/mol. The van der Waals surface area contributed by atoms with E-state index in [1.165, 1.54) is 0 Å². The van der Waals surface area contributed by atoms with Crippen LogP contribution < -0.4 is 4.74 Å². The molecule has 2 rings (SSSR count). The molecule has 1 aliphatic carbocycles. The van der Waals surface area contributed by atoms with Crippen LogP contribution in [0.5, 0.6) is 5.75 Å². The quantitative estimate of drug-likeness (QED) is 0.873. The largest absolute Gasteiger partial charge is 0.492 e. The van der Waals surface area contributed by atoms with Crippen LogP contribution in [0.15, 0.2) is 24.3 Å². The van der Waals surface area contributed by atoms with Crippen LogP contribution in [0.1, 0.15) is 19.3 Å². The molecule has 5 nitrogen and oxygen atoms in total. The Morgan fingerprint density at radius 2 is 2.09 bits per heavy atom. The molecule has 1 amide bonds. The van der Waals surface area contributed by atoms with Gasteiger partial charge in [0.2, 0.25) is 5.91 Å². The zero-order chi connectivity index (χ0) is 16.1. The minimum atomic E-state index is -0.803. The summed E-state index contributed by atoms with van der Waals surface area (Å²) in [6.07, 6.45) is 1.67. The van der Waals surface area contributed by atoms with Crippen molar-refractivity contribution in [1.29, 1.82) is 0 Å². The minimum Gasteiger partial charge on any atom is -0.492 e. The fraction of sp³-hybridized carbons (Fsp3) is 0.500. The number of carboxylic acid groups (broad SMARTS) is 1. The molecular weight excluding hydrogens is 306 g/mol. The van der Waals surface area contributed by atoms with Crippen molar-refractivity contribution >= 4 is 23.5 Å². The number of hydrogen-bond acceptors (Lipinski definition) is 3. The van der Waals surface area contributed by atoms with Gasteiger partial charge in [0.15, 0.2) is 0 Å². The number of hydrogen-bond donors (Lipinski definition) is 1. The molecule has 1 aliphatic rings. The van der Waals surface area contributed by atoms with E-state index in [4.69, 9.17) is 21.4 Å². The fourth-order valence-electron chi connectivity index (χ4n) is 2.71. The van der Waals surface area contributed by atoms with Crippen LogP contribution >= 0.6 is 11.6 Å². The number of benzene rings is 1. The van der Waals surface area contributed by atoms with Crippen molar-refractivity contribution in [2.75, 3.05) is 20.2 Å². The number of carbonyl (C=O) groups is 2. The lowest BCUT2D eigenvalue weighted by atomic mass is 10.0. The van der Waals surface area contributed by atoms with Gasteiger partial charge in [-0.05, 0) is 37.5 Å². The lowest BCUT2D eigenvalue weighted by Gasteiger charge is -2.21. The van der Waals surface area contributed by atoms with Gasteiger partial charge < -0.3 is 14.7 Å². The van der Waals surface area contributed by atoms with Gasteiger partial charge in [0.1, 0.15) is 12.4 Å². The van der Waals surface area contributed by atoms with Crippen molar-refractivity contribution in [3.63, 3.8) is 0 Å². The van der Waals surface area contributed by atoms with E-state index in [2.05, 4.69) is 0 Å². The Hall–Kier alpha value is -1.75. The molecular formula is C16H20ClNO4. The van der Waals surface area contributed by atoms with Gasteiger partial charge in [-0.15, -0.1) is 0 Å². The molecule has 120 valence electrons. The SMILES string of the molecule is CN(CCOc1cccc(Cl)c1)C(=O)[C@@H]1CC[C@H](C(=O)O)C1. The summed E-state index contributed by atoms with van der Waals surface area (Å²) in [4.78, 5) is 24.8. The second-order valence-corrected chi connectivity index (χ2v) is 6.05. The summed E-state index contributed by atoms with van der Waals surface area (Å²) in [5.41, 5.74) is 0. The van der Waals surface area contributed by atoms with Gasteiger partial charge >= 0.3 is 5.97 Å². The van der Waals surface area contributed by atoms with Crippen molar-refractivity contribution < 1.29 is 19.4 Å². The number of aliphatic carboxylic acids is 1. The normalized spacial score (nSPS) is 20.6.